The van der Waals surface area contributed by atoms with E-state index in [0.717, 1.165) is 12.8 Å². The molecule has 18 heteroatoms. The Bertz CT molecular complexity index is 1030. The molecule has 1 aliphatic carbocycles. The lowest BCUT2D eigenvalue weighted by Crippen LogP contribution is -2.35. The second-order valence-corrected chi connectivity index (χ2v) is 12.6. The van der Waals surface area contributed by atoms with E-state index < -0.39 is 57.4 Å². The molecular formula is C17H28ClN5O10P2. The van der Waals surface area contributed by atoms with Crippen LogP contribution in [-0.2, 0) is 23.1 Å². The van der Waals surface area contributed by atoms with Gasteiger partial charge in [0.15, 0.2) is 17.6 Å². The summed E-state index contributed by atoms with van der Waals surface area (Å²) in [4.78, 5) is 38.4. The van der Waals surface area contributed by atoms with Crippen molar-refractivity contribution in [3.63, 3.8) is 0 Å². The molecule has 0 spiro atoms. The molecule has 1 saturated heterocycles. The second kappa shape index (κ2) is 11.4. The predicted molar refractivity (Wildman–Crippen MR) is 123 cm³/mol. The van der Waals surface area contributed by atoms with Crippen LogP contribution < -0.4 is 5.32 Å². The van der Waals surface area contributed by atoms with Gasteiger partial charge in [0.1, 0.15) is 24.4 Å². The molecule has 0 radical (unpaired) electrons. The number of aliphatic imine (C=N–C) groups is 1. The number of methoxy groups -OCH3 is 1. The second-order valence-electron chi connectivity index (χ2n) is 8.27. The van der Waals surface area contributed by atoms with E-state index in [9.17, 15) is 24.2 Å². The Morgan fingerprint density at radius 3 is 2.66 bits per heavy atom. The van der Waals surface area contributed by atoms with Gasteiger partial charge in [0, 0.05) is 13.2 Å². The first-order chi connectivity index (χ1) is 16.3. The number of nitrogens with one attached hydrogen (secondary N) is 3. The largest absolute Gasteiger partial charge is 0.387 e. The molecule has 2 fully saturated rings. The fraction of sp³-hybridized carbons (Fsp3) is 0.706. The van der Waals surface area contributed by atoms with Crippen LogP contribution in [0.1, 0.15) is 36.9 Å². The van der Waals surface area contributed by atoms with Crippen molar-refractivity contribution in [1.82, 2.24) is 15.3 Å². The molecular weight excluding hydrogens is 532 g/mol. The maximum absolute atomic E-state index is 11.8. The number of ether oxygens (including phenoxy) is 2. The Kier molecular flexibility index (Phi) is 9.27. The third kappa shape index (κ3) is 7.88. The topological polar surface area (TPSA) is 240 Å². The van der Waals surface area contributed by atoms with Crippen LogP contribution in [-0.4, -0.2) is 96.1 Å². The van der Waals surface area contributed by atoms with Crippen molar-refractivity contribution >= 4 is 37.9 Å². The van der Waals surface area contributed by atoms with Crippen LogP contribution in [0, 0.1) is 5.41 Å². The first-order valence-corrected chi connectivity index (χ1v) is 14.4. The van der Waals surface area contributed by atoms with E-state index in [1.807, 2.05) is 0 Å². The Morgan fingerprint density at radius 2 is 2.06 bits per heavy atom. The monoisotopic (exact) mass is 559 g/mol. The molecule has 1 aromatic rings. The summed E-state index contributed by atoms with van der Waals surface area (Å²) in [5, 5.41) is 30.9. The molecule has 2 heterocycles. The third-order valence-corrected chi connectivity index (χ3v) is 9.10. The summed E-state index contributed by atoms with van der Waals surface area (Å²) in [6, 6.07) is 0.00209. The number of imidazole rings is 1. The molecule has 1 aliphatic heterocycles. The van der Waals surface area contributed by atoms with Crippen LogP contribution in [0.2, 0.25) is 0 Å². The third-order valence-electron chi connectivity index (χ3n) is 5.56. The van der Waals surface area contributed by atoms with Crippen LogP contribution >= 0.6 is 26.8 Å². The molecule has 3 rings (SSSR count). The standard InChI is InChI=1S/C17H28ClN5O10P2/c1-31-9-3-2-8(4-9)21-16(23-17(18)19)15-20-5-10(22-15)14-13(25)12(24)11(33-14)6-32-35(29,30)7-34(26,27)28/h5,8-9,11-14,24-25H,2-4,6-7H2,1H3,(H,20,22)(H,29,30)(H2,19,21,23)(H2,26,27,28)/t8?,9?,11-,12-,13-,14+/m1/s1. The van der Waals surface area contributed by atoms with Crippen molar-refractivity contribution in [2.75, 3.05) is 19.6 Å². The quantitative estimate of drug-likeness (QED) is 0.0862. The highest BCUT2D eigenvalue weighted by Gasteiger charge is 2.45. The highest BCUT2D eigenvalue weighted by atomic mass is 35.5. The summed E-state index contributed by atoms with van der Waals surface area (Å²) in [6.45, 7) is -0.705. The predicted octanol–water partition coefficient (Wildman–Crippen LogP) is -0.0141. The van der Waals surface area contributed by atoms with Gasteiger partial charge in [0.25, 0.3) is 0 Å². The van der Waals surface area contributed by atoms with Crippen molar-refractivity contribution in [2.45, 2.75) is 55.8 Å². The molecule has 0 amide bonds. The minimum Gasteiger partial charge on any atom is -0.387 e. The molecule has 3 unspecified atom stereocenters. The molecule has 198 valence electrons. The first kappa shape index (κ1) is 28.4. The maximum atomic E-state index is 11.8. The molecule has 15 nitrogen and oxygen atoms in total. The summed E-state index contributed by atoms with van der Waals surface area (Å²) in [7, 11) is -7.86. The van der Waals surface area contributed by atoms with Crippen LogP contribution in [0.4, 0.5) is 0 Å². The summed E-state index contributed by atoms with van der Waals surface area (Å²) in [5.41, 5.74) is 0.230. The highest BCUT2D eigenvalue weighted by Crippen LogP contribution is 2.55. The maximum Gasteiger partial charge on any atom is 0.340 e. The van der Waals surface area contributed by atoms with Gasteiger partial charge >= 0.3 is 15.2 Å². The SMILES string of the molecule is COC1CCC(N/C(=N/C(=N)Cl)c2ncc([C@@H]3O[C@H](COP(=O)(O)CP(=O)(O)O)[C@@H](O)[C@H]3O)[nH]2)C1. The Morgan fingerprint density at radius 1 is 1.34 bits per heavy atom. The van der Waals surface area contributed by atoms with Crippen LogP contribution in [0.3, 0.4) is 0 Å². The zero-order valence-electron chi connectivity index (χ0n) is 18.5. The van der Waals surface area contributed by atoms with Crippen molar-refractivity contribution in [1.29, 1.82) is 5.41 Å². The van der Waals surface area contributed by atoms with Crippen molar-refractivity contribution < 1.29 is 48.0 Å². The molecule has 0 bridgehead atoms. The number of rotatable bonds is 9. The Balaban J connectivity index is 1.69. The van der Waals surface area contributed by atoms with E-state index in [0.29, 0.717) is 6.42 Å². The van der Waals surface area contributed by atoms with Gasteiger partial charge in [0.2, 0.25) is 5.29 Å². The molecule has 1 aromatic heterocycles. The Hall–Kier alpha value is -1.22. The fourth-order valence-electron chi connectivity index (χ4n) is 3.94. The zero-order chi connectivity index (χ0) is 26.0. The van der Waals surface area contributed by atoms with Crippen LogP contribution in [0.5, 0.6) is 0 Å². The minimum atomic E-state index is -4.82. The molecule has 35 heavy (non-hydrogen) atoms. The molecule has 2 aliphatic rings. The van der Waals surface area contributed by atoms with E-state index in [1.54, 1.807) is 7.11 Å². The number of aliphatic hydroxyl groups excluding tert-OH is 2. The number of amidine groups is 2. The van der Waals surface area contributed by atoms with Gasteiger partial charge in [-0.3, -0.25) is 14.5 Å². The fourth-order valence-corrected chi connectivity index (χ4v) is 6.59. The first-order valence-electron chi connectivity index (χ1n) is 10.5. The minimum absolute atomic E-state index is 0.00209. The number of H-pyrrole nitrogens is 1. The van der Waals surface area contributed by atoms with Crippen molar-refractivity contribution in [3.05, 3.63) is 17.7 Å². The number of aromatic amines is 1. The van der Waals surface area contributed by atoms with E-state index >= 15 is 0 Å². The van der Waals surface area contributed by atoms with Gasteiger partial charge in [-0.1, -0.05) is 0 Å². The van der Waals surface area contributed by atoms with Gasteiger partial charge in [-0.15, -0.1) is 0 Å². The number of nitrogens with zero attached hydrogens (tertiary/aromatic N) is 2. The number of aromatic nitrogens is 2. The van der Waals surface area contributed by atoms with Crippen LogP contribution in [0.15, 0.2) is 11.2 Å². The van der Waals surface area contributed by atoms with E-state index in [-0.39, 0.29) is 29.5 Å². The van der Waals surface area contributed by atoms with E-state index in [4.69, 9.17) is 40.8 Å². The van der Waals surface area contributed by atoms with Gasteiger partial charge in [-0.2, -0.15) is 4.99 Å². The van der Waals surface area contributed by atoms with Gasteiger partial charge in [-0.25, -0.2) is 4.98 Å². The van der Waals surface area contributed by atoms with Crippen molar-refractivity contribution in [2.24, 2.45) is 4.99 Å². The van der Waals surface area contributed by atoms with Crippen molar-refractivity contribution in [3.8, 4) is 0 Å². The highest BCUT2D eigenvalue weighted by molar-refractivity contribution is 7.70. The van der Waals surface area contributed by atoms with E-state index in [2.05, 4.69) is 20.3 Å². The summed E-state index contributed by atoms with van der Waals surface area (Å²) >= 11 is 5.66. The lowest BCUT2D eigenvalue weighted by molar-refractivity contribution is -0.0197. The lowest BCUT2D eigenvalue weighted by Gasteiger charge is -2.18. The normalized spacial score (nSPS) is 31.5. The number of aliphatic hydroxyl groups is 2. The van der Waals surface area contributed by atoms with E-state index in [1.165, 1.54) is 6.20 Å². The summed E-state index contributed by atoms with van der Waals surface area (Å²) in [5.74, 6) is -1.02. The Labute approximate surface area is 205 Å². The summed E-state index contributed by atoms with van der Waals surface area (Å²) in [6.07, 6.45) is -1.64. The molecule has 8 N–H and O–H groups in total. The number of hydrogen-bond donors (Lipinski definition) is 8. The molecule has 1 saturated carbocycles. The van der Waals surface area contributed by atoms with Gasteiger partial charge in [0.05, 0.1) is 24.6 Å². The number of halogens is 1. The van der Waals surface area contributed by atoms with Gasteiger partial charge < -0.3 is 49.2 Å². The number of hydrogen-bond acceptors (Lipinski definition) is 9. The molecule has 0 aromatic carbocycles. The van der Waals surface area contributed by atoms with Gasteiger partial charge in [-0.05, 0) is 30.9 Å². The van der Waals surface area contributed by atoms with Crippen LogP contribution in [0.25, 0.3) is 0 Å². The molecule has 7 atom stereocenters. The smallest absolute Gasteiger partial charge is 0.340 e. The average molecular weight is 560 g/mol. The zero-order valence-corrected chi connectivity index (χ0v) is 21.1. The lowest BCUT2D eigenvalue weighted by atomic mass is 10.1. The summed E-state index contributed by atoms with van der Waals surface area (Å²) < 4.78 is 38.4. The average Bonchev–Trinajstić information content (AvgIpc) is 3.45.